The van der Waals surface area contributed by atoms with Crippen molar-refractivity contribution in [3.63, 3.8) is 0 Å². The van der Waals surface area contributed by atoms with Crippen LogP contribution in [-0.2, 0) is 22.7 Å². The average molecular weight is 428 g/mol. The third-order valence-corrected chi connectivity index (χ3v) is 5.74. The van der Waals surface area contributed by atoms with Crippen LogP contribution >= 0.6 is 15.6 Å². The van der Waals surface area contributed by atoms with E-state index in [4.69, 9.17) is 14.5 Å². The number of hydrogen-bond donors (Lipinski definition) is 6. The first-order valence-corrected chi connectivity index (χ1v) is 10.2. The van der Waals surface area contributed by atoms with Gasteiger partial charge < -0.3 is 34.6 Å². The standard InChI is InChI=1S/C10H14N4O11P2/c15-6-4(1-23-27(21,22)25-26(18,19)20)24-10(7(6)16)14-3-13-5-8(14)11-2-12-9(5)17/h2-4,6-7,10,15-16H,1H2,(H,21,22)(H,11,12,17)(H2,18,19,20)/t4-,6+,7+,10-/m1/s1. The number of H-pyrrole nitrogens is 1. The van der Waals surface area contributed by atoms with Gasteiger partial charge in [0, 0.05) is 0 Å². The number of imidazole rings is 1. The molecule has 150 valence electrons. The lowest BCUT2D eigenvalue weighted by atomic mass is 10.1. The van der Waals surface area contributed by atoms with Gasteiger partial charge in [-0.25, -0.2) is 19.1 Å². The topological polar surface area (TPSA) is 227 Å². The van der Waals surface area contributed by atoms with Crippen molar-refractivity contribution in [2.45, 2.75) is 24.5 Å². The molecule has 1 unspecified atom stereocenters. The summed E-state index contributed by atoms with van der Waals surface area (Å²) in [6.07, 6.45) is -3.56. The maximum Gasteiger partial charge on any atom is 0.481 e. The van der Waals surface area contributed by atoms with E-state index in [9.17, 15) is 29.0 Å². The molecule has 0 radical (unpaired) electrons. The molecular weight excluding hydrogens is 414 g/mol. The Bertz CT molecular complexity index is 985. The fraction of sp³-hybridized carbons (Fsp3) is 0.500. The molecule has 2 aromatic rings. The Labute approximate surface area is 149 Å². The van der Waals surface area contributed by atoms with Gasteiger partial charge in [0.2, 0.25) is 0 Å². The van der Waals surface area contributed by atoms with E-state index >= 15 is 0 Å². The maximum absolute atomic E-state index is 11.7. The number of hydrogen-bond acceptors (Lipinski definition) is 10. The summed E-state index contributed by atoms with van der Waals surface area (Å²) in [5.41, 5.74) is -0.533. The molecule has 1 aliphatic heterocycles. The second-order valence-corrected chi connectivity index (χ2v) is 8.27. The molecule has 15 nitrogen and oxygen atoms in total. The molecule has 2 aromatic heterocycles. The number of phosphoric ester groups is 1. The Hall–Kier alpha value is -1.51. The molecule has 3 heterocycles. The highest BCUT2D eigenvalue weighted by atomic mass is 31.3. The van der Waals surface area contributed by atoms with E-state index in [1.54, 1.807) is 0 Å². The van der Waals surface area contributed by atoms with Crippen molar-refractivity contribution in [2.75, 3.05) is 6.61 Å². The minimum Gasteiger partial charge on any atom is -0.387 e. The first-order chi connectivity index (χ1) is 12.5. The van der Waals surface area contributed by atoms with Crippen molar-refractivity contribution in [2.24, 2.45) is 0 Å². The lowest BCUT2D eigenvalue weighted by Crippen LogP contribution is -2.33. The molecule has 3 rings (SSSR count). The van der Waals surface area contributed by atoms with Gasteiger partial charge in [-0.3, -0.25) is 13.9 Å². The average Bonchev–Trinajstić information content (AvgIpc) is 3.07. The number of aromatic nitrogens is 4. The minimum absolute atomic E-state index is 0.0441. The highest BCUT2D eigenvalue weighted by Crippen LogP contribution is 2.57. The van der Waals surface area contributed by atoms with Gasteiger partial charge in [-0.05, 0) is 0 Å². The van der Waals surface area contributed by atoms with Crippen LogP contribution in [-0.4, -0.2) is 69.3 Å². The number of phosphoric acid groups is 2. The number of rotatable bonds is 6. The third kappa shape index (κ3) is 4.33. The number of ether oxygens (including phenoxy) is 1. The zero-order valence-corrected chi connectivity index (χ0v) is 14.9. The largest absolute Gasteiger partial charge is 0.481 e. The van der Waals surface area contributed by atoms with Crippen LogP contribution in [0.4, 0.5) is 0 Å². The van der Waals surface area contributed by atoms with Gasteiger partial charge in [0.1, 0.15) is 18.3 Å². The number of aliphatic hydroxyl groups excluding tert-OH is 2. The molecule has 0 saturated carbocycles. The van der Waals surface area contributed by atoms with Crippen molar-refractivity contribution in [3.05, 3.63) is 23.0 Å². The normalized spacial score (nSPS) is 28.5. The summed E-state index contributed by atoms with van der Waals surface area (Å²) in [5, 5.41) is 20.2. The lowest BCUT2D eigenvalue weighted by Gasteiger charge is -2.17. The van der Waals surface area contributed by atoms with Crippen LogP contribution in [0.3, 0.4) is 0 Å². The van der Waals surface area contributed by atoms with Gasteiger partial charge in [-0.15, -0.1) is 0 Å². The van der Waals surface area contributed by atoms with E-state index in [0.717, 1.165) is 12.7 Å². The Balaban J connectivity index is 1.76. The Morgan fingerprint density at radius 3 is 2.59 bits per heavy atom. The Morgan fingerprint density at radius 2 is 1.93 bits per heavy atom. The van der Waals surface area contributed by atoms with E-state index in [1.165, 1.54) is 4.57 Å². The number of aromatic amines is 1. The summed E-state index contributed by atoms with van der Waals surface area (Å²) in [4.78, 5) is 48.0. The SMILES string of the molecule is O=c1[nH]cnc2c1ncn2[C@@H]1O[C@H](COP(=O)(O)OP(=O)(O)O)[C@H](O)[C@@H]1O. The fourth-order valence-electron chi connectivity index (χ4n) is 2.47. The van der Waals surface area contributed by atoms with Crippen LogP contribution in [0.25, 0.3) is 11.2 Å². The second kappa shape index (κ2) is 7.14. The number of aliphatic hydroxyl groups is 2. The van der Waals surface area contributed by atoms with Crippen LogP contribution in [0.5, 0.6) is 0 Å². The quantitative estimate of drug-likeness (QED) is 0.273. The smallest absolute Gasteiger partial charge is 0.387 e. The van der Waals surface area contributed by atoms with Gasteiger partial charge in [-0.2, -0.15) is 4.31 Å². The van der Waals surface area contributed by atoms with Gasteiger partial charge >= 0.3 is 15.6 Å². The molecule has 17 heteroatoms. The summed E-state index contributed by atoms with van der Waals surface area (Å²) in [6.45, 7) is -0.844. The minimum atomic E-state index is -5.30. The lowest BCUT2D eigenvalue weighted by molar-refractivity contribution is -0.0503. The maximum atomic E-state index is 11.7. The predicted molar refractivity (Wildman–Crippen MR) is 83.0 cm³/mol. The molecule has 0 spiro atoms. The first-order valence-electron chi connectivity index (χ1n) is 7.14. The summed E-state index contributed by atoms with van der Waals surface area (Å²) < 4.78 is 36.6. The fourth-order valence-corrected chi connectivity index (χ4v) is 4.07. The van der Waals surface area contributed by atoms with Gasteiger partial charge in [-0.1, -0.05) is 0 Å². The molecule has 1 fully saturated rings. The van der Waals surface area contributed by atoms with Crippen molar-refractivity contribution in [3.8, 4) is 0 Å². The zero-order valence-electron chi connectivity index (χ0n) is 13.1. The number of fused-ring (bicyclic) bond motifs is 1. The van der Waals surface area contributed by atoms with E-state index < -0.39 is 52.4 Å². The predicted octanol–water partition coefficient (Wildman–Crippen LogP) is -2.03. The van der Waals surface area contributed by atoms with Crippen LogP contribution in [0, 0.1) is 0 Å². The van der Waals surface area contributed by atoms with E-state index in [2.05, 4.69) is 23.8 Å². The highest BCUT2D eigenvalue weighted by molar-refractivity contribution is 7.60. The zero-order chi connectivity index (χ0) is 20.0. The molecule has 0 aliphatic carbocycles. The van der Waals surface area contributed by atoms with E-state index in [0.29, 0.717) is 0 Å². The monoisotopic (exact) mass is 428 g/mol. The molecular formula is C10H14N4O11P2. The first kappa shape index (κ1) is 20.2. The molecule has 6 N–H and O–H groups in total. The van der Waals surface area contributed by atoms with Crippen molar-refractivity contribution in [1.82, 2.24) is 19.5 Å². The van der Waals surface area contributed by atoms with Crippen LogP contribution in [0.2, 0.25) is 0 Å². The van der Waals surface area contributed by atoms with Crippen LogP contribution < -0.4 is 5.56 Å². The summed E-state index contributed by atoms with van der Waals surface area (Å²) >= 11 is 0. The van der Waals surface area contributed by atoms with E-state index in [1.807, 2.05) is 0 Å². The highest BCUT2D eigenvalue weighted by Gasteiger charge is 2.46. The molecule has 0 bridgehead atoms. The Kier molecular flexibility index (Phi) is 5.35. The summed E-state index contributed by atoms with van der Waals surface area (Å²) in [7, 11) is -10.5. The van der Waals surface area contributed by atoms with Crippen molar-refractivity contribution < 1.29 is 47.6 Å². The number of nitrogens with zero attached hydrogens (tertiary/aromatic N) is 3. The van der Waals surface area contributed by atoms with Crippen molar-refractivity contribution in [1.29, 1.82) is 0 Å². The van der Waals surface area contributed by atoms with Gasteiger partial charge in [0.15, 0.2) is 17.4 Å². The van der Waals surface area contributed by atoms with Crippen molar-refractivity contribution >= 4 is 26.8 Å². The Morgan fingerprint density at radius 1 is 1.22 bits per heavy atom. The molecule has 27 heavy (non-hydrogen) atoms. The third-order valence-electron chi connectivity index (χ3n) is 3.59. The van der Waals surface area contributed by atoms with Crippen LogP contribution in [0.15, 0.2) is 17.4 Å². The molecule has 1 saturated heterocycles. The molecule has 0 amide bonds. The summed E-state index contributed by atoms with van der Waals surface area (Å²) in [5.74, 6) is 0. The summed E-state index contributed by atoms with van der Waals surface area (Å²) in [6, 6.07) is 0. The van der Waals surface area contributed by atoms with Crippen LogP contribution in [0.1, 0.15) is 6.23 Å². The molecule has 1 aliphatic rings. The molecule has 0 aromatic carbocycles. The van der Waals surface area contributed by atoms with Gasteiger partial charge in [0.25, 0.3) is 5.56 Å². The molecule has 5 atom stereocenters. The van der Waals surface area contributed by atoms with E-state index in [-0.39, 0.29) is 11.2 Å². The van der Waals surface area contributed by atoms with Gasteiger partial charge in [0.05, 0.1) is 19.3 Å². The number of nitrogens with one attached hydrogen (secondary N) is 1. The second-order valence-electron chi connectivity index (χ2n) is 5.44.